The molecule has 1 aromatic rings. The highest BCUT2D eigenvalue weighted by Crippen LogP contribution is 2.65. The van der Waals surface area contributed by atoms with Crippen LogP contribution in [0, 0.1) is 35.0 Å². The van der Waals surface area contributed by atoms with E-state index >= 15 is 0 Å². The standard InChI is InChI=1S/C21H30O3S/c1-20(2,3)21(22,19-18-16(11-25-19)23-4-5-24-18)17-14-7-12-6-13(9-14)10-15(17)8-12/h11-15,17,22H,4-10H2,1-3H3/t12?,13?,14?,15?,17?,21-/m1/s1. The second-order valence-electron chi connectivity index (χ2n) is 9.93. The van der Waals surface area contributed by atoms with Gasteiger partial charge < -0.3 is 14.6 Å². The zero-order valence-electron chi connectivity index (χ0n) is 15.6. The highest BCUT2D eigenvalue weighted by atomic mass is 32.1. The summed E-state index contributed by atoms with van der Waals surface area (Å²) in [6, 6.07) is 0. The molecular formula is C21H30O3S. The fourth-order valence-corrected chi connectivity index (χ4v) is 8.01. The Labute approximate surface area is 154 Å². The lowest BCUT2D eigenvalue weighted by atomic mass is 9.46. The van der Waals surface area contributed by atoms with Crippen LogP contribution in [-0.4, -0.2) is 18.3 Å². The van der Waals surface area contributed by atoms with Crippen molar-refractivity contribution in [3.8, 4) is 11.5 Å². The van der Waals surface area contributed by atoms with Gasteiger partial charge in [-0.05, 0) is 67.1 Å². The Morgan fingerprint density at radius 3 is 2.16 bits per heavy atom. The van der Waals surface area contributed by atoms with Gasteiger partial charge in [-0.3, -0.25) is 0 Å². The van der Waals surface area contributed by atoms with Crippen molar-refractivity contribution < 1.29 is 14.6 Å². The molecule has 1 N–H and O–H groups in total. The summed E-state index contributed by atoms with van der Waals surface area (Å²) in [6.07, 6.45) is 6.73. The van der Waals surface area contributed by atoms with E-state index in [-0.39, 0.29) is 5.41 Å². The summed E-state index contributed by atoms with van der Waals surface area (Å²) < 4.78 is 11.8. The Balaban J connectivity index is 1.62. The van der Waals surface area contributed by atoms with Crippen LogP contribution in [0.25, 0.3) is 0 Å². The molecule has 0 unspecified atom stereocenters. The lowest BCUT2D eigenvalue weighted by Gasteiger charge is -2.61. The van der Waals surface area contributed by atoms with Crippen LogP contribution in [0.5, 0.6) is 11.5 Å². The molecule has 3 nitrogen and oxygen atoms in total. The van der Waals surface area contributed by atoms with Crippen molar-refractivity contribution in [2.45, 2.75) is 58.5 Å². The van der Waals surface area contributed by atoms with Crippen LogP contribution in [0.4, 0.5) is 0 Å². The van der Waals surface area contributed by atoms with E-state index < -0.39 is 5.60 Å². The topological polar surface area (TPSA) is 38.7 Å². The fourth-order valence-electron chi connectivity index (χ4n) is 6.73. The molecule has 0 saturated heterocycles. The number of rotatable bonds is 2. The average molecular weight is 363 g/mol. The molecule has 4 bridgehead atoms. The number of hydrogen-bond donors (Lipinski definition) is 1. The van der Waals surface area contributed by atoms with Crippen LogP contribution < -0.4 is 9.47 Å². The van der Waals surface area contributed by atoms with Gasteiger partial charge in [0.2, 0.25) is 0 Å². The summed E-state index contributed by atoms with van der Waals surface area (Å²) in [5, 5.41) is 14.4. The molecular weight excluding hydrogens is 332 g/mol. The van der Waals surface area contributed by atoms with Gasteiger partial charge in [0.15, 0.2) is 11.5 Å². The minimum Gasteiger partial charge on any atom is -0.485 e. The molecule has 4 heteroatoms. The predicted octanol–water partition coefficient (Wildman–Crippen LogP) is 4.83. The maximum absolute atomic E-state index is 12.4. The smallest absolute Gasteiger partial charge is 0.178 e. The van der Waals surface area contributed by atoms with Gasteiger partial charge in [0.05, 0.1) is 4.88 Å². The first-order valence-corrected chi connectivity index (χ1v) is 10.9. The molecule has 4 fully saturated rings. The first-order chi connectivity index (χ1) is 11.9. The number of thiophene rings is 1. The van der Waals surface area contributed by atoms with Gasteiger partial charge in [0.1, 0.15) is 18.8 Å². The molecule has 138 valence electrons. The van der Waals surface area contributed by atoms with Crippen molar-refractivity contribution in [1.29, 1.82) is 0 Å². The minimum atomic E-state index is -0.839. The van der Waals surface area contributed by atoms with E-state index in [1.807, 2.05) is 5.38 Å². The van der Waals surface area contributed by atoms with E-state index in [2.05, 4.69) is 20.8 Å². The van der Waals surface area contributed by atoms with Crippen molar-refractivity contribution in [1.82, 2.24) is 0 Å². The van der Waals surface area contributed by atoms with Crippen LogP contribution in [0.15, 0.2) is 5.38 Å². The first-order valence-electron chi connectivity index (χ1n) is 9.98. The van der Waals surface area contributed by atoms with Crippen molar-refractivity contribution in [3.63, 3.8) is 0 Å². The van der Waals surface area contributed by atoms with E-state index in [1.165, 1.54) is 32.1 Å². The SMILES string of the molecule is CC(C)(C)[C@](O)(c1scc2c1OCCO2)C1C2CC3CC(C2)CC1C3. The van der Waals surface area contributed by atoms with Gasteiger partial charge >= 0.3 is 0 Å². The van der Waals surface area contributed by atoms with Crippen LogP contribution in [0.1, 0.15) is 57.8 Å². The largest absolute Gasteiger partial charge is 0.485 e. The maximum atomic E-state index is 12.4. The van der Waals surface area contributed by atoms with E-state index in [0.29, 0.717) is 31.0 Å². The van der Waals surface area contributed by atoms with Crippen molar-refractivity contribution >= 4 is 11.3 Å². The molecule has 5 aliphatic rings. The first kappa shape index (κ1) is 16.4. The van der Waals surface area contributed by atoms with Crippen LogP contribution in [0.3, 0.4) is 0 Å². The summed E-state index contributed by atoms with van der Waals surface area (Å²) in [4.78, 5) is 1.02. The summed E-state index contributed by atoms with van der Waals surface area (Å²) in [6.45, 7) is 7.80. The molecule has 1 aliphatic heterocycles. The number of ether oxygens (including phenoxy) is 2. The van der Waals surface area contributed by atoms with Gasteiger partial charge in [-0.25, -0.2) is 0 Å². The Morgan fingerprint density at radius 2 is 1.56 bits per heavy atom. The lowest BCUT2D eigenvalue weighted by Crippen LogP contribution is -2.58. The Morgan fingerprint density at radius 1 is 0.960 bits per heavy atom. The molecule has 4 saturated carbocycles. The summed E-state index contributed by atoms with van der Waals surface area (Å²) in [7, 11) is 0. The Hall–Kier alpha value is -0.740. The maximum Gasteiger partial charge on any atom is 0.178 e. The number of fused-ring (bicyclic) bond motifs is 1. The summed E-state index contributed by atoms with van der Waals surface area (Å²) >= 11 is 1.64. The lowest BCUT2D eigenvalue weighted by molar-refractivity contribution is -0.193. The molecule has 0 aromatic carbocycles. The molecule has 25 heavy (non-hydrogen) atoms. The van der Waals surface area contributed by atoms with Gasteiger partial charge in [0, 0.05) is 5.38 Å². The third-order valence-electron chi connectivity index (χ3n) is 7.50. The van der Waals surface area contributed by atoms with E-state index in [1.54, 1.807) is 11.3 Å². The van der Waals surface area contributed by atoms with Gasteiger partial charge in [0.25, 0.3) is 0 Å². The monoisotopic (exact) mass is 362 g/mol. The minimum absolute atomic E-state index is 0.230. The molecule has 0 spiro atoms. The van der Waals surface area contributed by atoms with Gasteiger partial charge in [-0.2, -0.15) is 0 Å². The Kier molecular flexibility index (Phi) is 3.54. The summed E-state index contributed by atoms with van der Waals surface area (Å²) in [5.74, 6) is 5.18. The second kappa shape index (κ2) is 5.39. The van der Waals surface area contributed by atoms with Gasteiger partial charge in [-0.1, -0.05) is 20.8 Å². The van der Waals surface area contributed by atoms with Crippen LogP contribution >= 0.6 is 11.3 Å². The highest BCUT2D eigenvalue weighted by Gasteiger charge is 2.61. The summed E-state index contributed by atoms with van der Waals surface area (Å²) in [5.41, 5.74) is -1.07. The Bertz CT molecular complexity index is 645. The average Bonchev–Trinajstić information content (AvgIpc) is 2.96. The van der Waals surface area contributed by atoms with E-state index in [4.69, 9.17) is 9.47 Å². The molecule has 0 radical (unpaired) electrons. The quantitative estimate of drug-likeness (QED) is 0.819. The van der Waals surface area contributed by atoms with E-state index in [9.17, 15) is 5.11 Å². The second-order valence-corrected chi connectivity index (χ2v) is 10.8. The molecule has 0 amide bonds. The normalized spacial score (nSPS) is 38.6. The molecule has 4 aliphatic carbocycles. The fraction of sp³-hybridized carbons (Fsp3) is 0.810. The third kappa shape index (κ3) is 2.26. The molecule has 6 rings (SSSR count). The zero-order chi connectivity index (χ0) is 17.4. The van der Waals surface area contributed by atoms with Gasteiger partial charge in [-0.15, -0.1) is 11.3 Å². The number of aliphatic hydroxyl groups is 1. The molecule has 2 heterocycles. The van der Waals surface area contributed by atoms with Crippen LogP contribution in [-0.2, 0) is 5.60 Å². The van der Waals surface area contributed by atoms with Crippen molar-refractivity contribution in [2.24, 2.45) is 35.0 Å². The zero-order valence-corrected chi connectivity index (χ0v) is 16.4. The number of hydrogen-bond acceptors (Lipinski definition) is 4. The van der Waals surface area contributed by atoms with Crippen molar-refractivity contribution in [3.05, 3.63) is 10.3 Å². The predicted molar refractivity (Wildman–Crippen MR) is 99.2 cm³/mol. The highest BCUT2D eigenvalue weighted by molar-refractivity contribution is 7.10. The molecule has 1 aromatic heterocycles. The van der Waals surface area contributed by atoms with Crippen molar-refractivity contribution in [2.75, 3.05) is 13.2 Å². The third-order valence-corrected chi connectivity index (χ3v) is 8.56. The molecule has 1 atom stereocenters. The van der Waals surface area contributed by atoms with Crippen LogP contribution in [0.2, 0.25) is 0 Å². The van der Waals surface area contributed by atoms with E-state index in [0.717, 1.165) is 28.2 Å².